The van der Waals surface area contributed by atoms with E-state index in [-0.39, 0.29) is 0 Å². The molecule has 0 bridgehead atoms. The normalized spacial score (nSPS) is 17.6. The molecule has 0 saturated carbocycles. The number of piperidine rings is 1. The minimum Gasteiger partial charge on any atom is -0.506 e. The predicted molar refractivity (Wildman–Crippen MR) is 72.6 cm³/mol. The van der Waals surface area contributed by atoms with Gasteiger partial charge < -0.3 is 5.11 Å². The first-order chi connectivity index (χ1) is 8.34. The molecule has 0 atom stereocenters. The summed E-state index contributed by atoms with van der Waals surface area (Å²) in [5.41, 5.74) is 1.36. The SMILES string of the molecule is Oc1cccc2c(CN3CCCCC3)csc12. The Morgan fingerprint density at radius 1 is 1.18 bits per heavy atom. The maximum Gasteiger partial charge on any atom is 0.133 e. The molecule has 2 heterocycles. The van der Waals surface area contributed by atoms with Gasteiger partial charge in [0, 0.05) is 11.9 Å². The Morgan fingerprint density at radius 2 is 2.00 bits per heavy atom. The van der Waals surface area contributed by atoms with E-state index in [9.17, 15) is 5.11 Å². The number of fused-ring (bicyclic) bond motifs is 1. The minimum atomic E-state index is 0.414. The second-order valence-electron chi connectivity index (χ2n) is 4.75. The molecule has 17 heavy (non-hydrogen) atoms. The molecule has 3 heteroatoms. The van der Waals surface area contributed by atoms with Crippen LogP contribution >= 0.6 is 11.3 Å². The zero-order valence-electron chi connectivity index (χ0n) is 9.85. The van der Waals surface area contributed by atoms with E-state index >= 15 is 0 Å². The molecule has 0 amide bonds. The molecule has 1 aromatic carbocycles. The summed E-state index contributed by atoms with van der Waals surface area (Å²) in [6.07, 6.45) is 4.03. The number of hydrogen-bond donors (Lipinski definition) is 1. The van der Waals surface area contributed by atoms with Crippen molar-refractivity contribution >= 4 is 21.4 Å². The van der Waals surface area contributed by atoms with Crippen LogP contribution in [0.1, 0.15) is 24.8 Å². The van der Waals surface area contributed by atoms with Crippen molar-refractivity contribution in [3.63, 3.8) is 0 Å². The molecule has 1 N–H and O–H groups in total. The van der Waals surface area contributed by atoms with E-state index in [1.807, 2.05) is 6.07 Å². The van der Waals surface area contributed by atoms with Crippen LogP contribution in [0.25, 0.3) is 10.1 Å². The van der Waals surface area contributed by atoms with Crippen LogP contribution in [-0.2, 0) is 6.54 Å². The van der Waals surface area contributed by atoms with Crippen LogP contribution in [0.5, 0.6) is 5.75 Å². The van der Waals surface area contributed by atoms with E-state index in [2.05, 4.69) is 16.3 Å². The Balaban J connectivity index is 1.87. The lowest BCUT2D eigenvalue weighted by molar-refractivity contribution is 0.222. The number of nitrogens with zero attached hydrogens (tertiary/aromatic N) is 1. The molecule has 1 aliphatic rings. The Morgan fingerprint density at radius 3 is 2.82 bits per heavy atom. The van der Waals surface area contributed by atoms with Crippen LogP contribution in [0.2, 0.25) is 0 Å². The summed E-state index contributed by atoms with van der Waals surface area (Å²) in [4.78, 5) is 2.52. The van der Waals surface area contributed by atoms with Crippen molar-refractivity contribution in [3.8, 4) is 5.75 Å². The van der Waals surface area contributed by atoms with Crippen molar-refractivity contribution in [2.24, 2.45) is 0 Å². The van der Waals surface area contributed by atoms with Crippen LogP contribution in [-0.4, -0.2) is 23.1 Å². The van der Waals surface area contributed by atoms with Gasteiger partial charge in [0.1, 0.15) is 5.75 Å². The summed E-state index contributed by atoms with van der Waals surface area (Å²) in [5, 5.41) is 13.2. The molecule has 1 saturated heterocycles. The molecule has 3 rings (SSSR count). The van der Waals surface area contributed by atoms with E-state index in [0.717, 1.165) is 11.2 Å². The minimum absolute atomic E-state index is 0.414. The van der Waals surface area contributed by atoms with Gasteiger partial charge in [-0.1, -0.05) is 18.6 Å². The van der Waals surface area contributed by atoms with E-state index in [1.54, 1.807) is 17.4 Å². The number of phenols is 1. The molecule has 0 radical (unpaired) electrons. The summed E-state index contributed by atoms with van der Waals surface area (Å²) in [6, 6.07) is 5.82. The zero-order chi connectivity index (χ0) is 11.7. The maximum absolute atomic E-state index is 9.79. The van der Waals surface area contributed by atoms with Gasteiger partial charge in [-0.3, -0.25) is 4.90 Å². The maximum atomic E-state index is 9.79. The van der Waals surface area contributed by atoms with Gasteiger partial charge in [0.15, 0.2) is 0 Å². The quantitative estimate of drug-likeness (QED) is 0.876. The molecule has 0 aliphatic carbocycles. The molecule has 1 aliphatic heterocycles. The number of thiophene rings is 1. The molecule has 0 spiro atoms. The molecular formula is C14H17NOS. The summed E-state index contributed by atoms with van der Waals surface area (Å²) < 4.78 is 1.03. The summed E-state index contributed by atoms with van der Waals surface area (Å²) >= 11 is 1.65. The van der Waals surface area contributed by atoms with E-state index in [4.69, 9.17) is 0 Å². The Hall–Kier alpha value is -1.06. The number of aromatic hydroxyl groups is 1. The van der Waals surface area contributed by atoms with Gasteiger partial charge in [-0.2, -0.15) is 0 Å². The van der Waals surface area contributed by atoms with Gasteiger partial charge in [-0.15, -0.1) is 11.3 Å². The van der Waals surface area contributed by atoms with Gasteiger partial charge >= 0.3 is 0 Å². The second kappa shape index (κ2) is 4.67. The molecule has 0 unspecified atom stereocenters. The third kappa shape index (κ3) is 2.17. The van der Waals surface area contributed by atoms with E-state index in [0.29, 0.717) is 5.75 Å². The molecule has 90 valence electrons. The smallest absolute Gasteiger partial charge is 0.133 e. The Kier molecular flexibility index (Phi) is 3.04. The van der Waals surface area contributed by atoms with Crippen molar-refractivity contribution in [2.45, 2.75) is 25.8 Å². The lowest BCUT2D eigenvalue weighted by Gasteiger charge is -2.26. The highest BCUT2D eigenvalue weighted by molar-refractivity contribution is 7.17. The highest BCUT2D eigenvalue weighted by atomic mass is 32.1. The number of rotatable bonds is 2. The fourth-order valence-corrected chi connectivity index (χ4v) is 3.55. The number of phenolic OH excluding ortho intramolecular Hbond substituents is 1. The number of hydrogen-bond acceptors (Lipinski definition) is 3. The average Bonchev–Trinajstić information content (AvgIpc) is 2.76. The zero-order valence-corrected chi connectivity index (χ0v) is 10.7. The van der Waals surface area contributed by atoms with Crippen LogP contribution in [0, 0.1) is 0 Å². The van der Waals surface area contributed by atoms with Gasteiger partial charge in [-0.25, -0.2) is 0 Å². The van der Waals surface area contributed by atoms with Crippen molar-refractivity contribution < 1.29 is 5.11 Å². The van der Waals surface area contributed by atoms with Crippen molar-refractivity contribution in [1.82, 2.24) is 4.90 Å². The van der Waals surface area contributed by atoms with Crippen molar-refractivity contribution in [1.29, 1.82) is 0 Å². The van der Waals surface area contributed by atoms with Crippen LogP contribution in [0.3, 0.4) is 0 Å². The monoisotopic (exact) mass is 247 g/mol. The lowest BCUT2D eigenvalue weighted by atomic mass is 10.1. The first-order valence-electron chi connectivity index (χ1n) is 6.25. The third-order valence-corrected chi connectivity index (χ3v) is 4.57. The molecule has 2 aromatic rings. The lowest BCUT2D eigenvalue weighted by Crippen LogP contribution is -2.28. The van der Waals surface area contributed by atoms with Gasteiger partial charge in [0.2, 0.25) is 0 Å². The summed E-state index contributed by atoms with van der Waals surface area (Å²) in [7, 11) is 0. The number of likely N-dealkylation sites (tertiary alicyclic amines) is 1. The fourth-order valence-electron chi connectivity index (χ4n) is 2.58. The highest BCUT2D eigenvalue weighted by Crippen LogP contribution is 2.33. The van der Waals surface area contributed by atoms with Crippen molar-refractivity contribution in [2.75, 3.05) is 13.1 Å². The Labute approximate surface area is 105 Å². The van der Waals surface area contributed by atoms with E-state index in [1.165, 1.54) is 43.3 Å². The van der Waals surface area contributed by atoms with Gasteiger partial charge in [0.25, 0.3) is 0 Å². The molecule has 1 fully saturated rings. The molecular weight excluding hydrogens is 230 g/mol. The van der Waals surface area contributed by atoms with Crippen LogP contribution in [0.4, 0.5) is 0 Å². The predicted octanol–water partition coefficient (Wildman–Crippen LogP) is 3.59. The first-order valence-corrected chi connectivity index (χ1v) is 7.13. The largest absolute Gasteiger partial charge is 0.506 e. The first kappa shape index (κ1) is 11.1. The number of benzene rings is 1. The topological polar surface area (TPSA) is 23.5 Å². The highest BCUT2D eigenvalue weighted by Gasteiger charge is 2.13. The summed E-state index contributed by atoms with van der Waals surface area (Å²) in [6.45, 7) is 3.47. The van der Waals surface area contributed by atoms with Gasteiger partial charge in [0.05, 0.1) is 4.70 Å². The summed E-state index contributed by atoms with van der Waals surface area (Å²) in [5.74, 6) is 0.414. The average molecular weight is 247 g/mol. The van der Waals surface area contributed by atoms with E-state index < -0.39 is 0 Å². The fraction of sp³-hybridized carbons (Fsp3) is 0.429. The van der Waals surface area contributed by atoms with Crippen molar-refractivity contribution in [3.05, 3.63) is 29.1 Å². The second-order valence-corrected chi connectivity index (χ2v) is 5.63. The Bertz CT molecular complexity index is 514. The van der Waals surface area contributed by atoms with Gasteiger partial charge in [-0.05, 0) is 42.9 Å². The van der Waals surface area contributed by atoms with Crippen LogP contribution in [0.15, 0.2) is 23.6 Å². The standard InChI is InChI=1S/C14H17NOS/c16-13-6-4-5-12-11(10-17-14(12)13)9-15-7-2-1-3-8-15/h4-6,10,16H,1-3,7-9H2. The molecule has 2 nitrogen and oxygen atoms in total. The van der Waals surface area contributed by atoms with Crippen LogP contribution < -0.4 is 0 Å². The molecule has 1 aromatic heterocycles. The third-order valence-electron chi connectivity index (χ3n) is 3.50.